The number of nitrogens with zero attached hydrogens (tertiary/aromatic N) is 2. The van der Waals surface area contributed by atoms with Gasteiger partial charge in [-0.1, -0.05) is 52.0 Å². The highest BCUT2D eigenvalue weighted by Gasteiger charge is 2.33. The summed E-state index contributed by atoms with van der Waals surface area (Å²) in [6, 6.07) is 11.7. The lowest BCUT2D eigenvalue weighted by Gasteiger charge is -2.29. The number of fused-ring (bicyclic) bond motifs is 2. The highest BCUT2D eigenvalue weighted by molar-refractivity contribution is 6.31. The minimum atomic E-state index is -0.0939. The second-order valence-corrected chi connectivity index (χ2v) is 9.02. The summed E-state index contributed by atoms with van der Waals surface area (Å²) in [4.78, 5) is 32.0. The molecular formula is C28H40N4O2. The van der Waals surface area contributed by atoms with Gasteiger partial charge in [-0.15, -0.1) is 0 Å². The van der Waals surface area contributed by atoms with Gasteiger partial charge in [0.2, 0.25) is 0 Å². The average molecular weight is 465 g/mol. The van der Waals surface area contributed by atoms with Gasteiger partial charge in [0.1, 0.15) is 0 Å². The molecule has 6 heteroatoms. The summed E-state index contributed by atoms with van der Waals surface area (Å²) in [6.45, 7) is 18.3. The van der Waals surface area contributed by atoms with Crippen LogP contribution in [0.1, 0.15) is 73.4 Å². The molecule has 0 aromatic heterocycles. The van der Waals surface area contributed by atoms with E-state index >= 15 is 0 Å². The molecule has 184 valence electrons. The van der Waals surface area contributed by atoms with Crippen LogP contribution in [0.15, 0.2) is 36.4 Å². The molecule has 0 aliphatic heterocycles. The van der Waals surface area contributed by atoms with E-state index in [1.54, 1.807) is 12.1 Å². The van der Waals surface area contributed by atoms with Crippen molar-refractivity contribution in [3.05, 3.63) is 58.7 Å². The molecule has 0 bridgehead atoms. The smallest absolute Gasteiger partial charge is 0.196 e. The Morgan fingerprint density at radius 3 is 1.32 bits per heavy atom. The summed E-state index contributed by atoms with van der Waals surface area (Å²) in [5.41, 5.74) is 3.39. The Labute approximate surface area is 204 Å². The largest absolute Gasteiger partial charge is 0.383 e. The third-order valence-corrected chi connectivity index (χ3v) is 7.12. The standard InChI is InChI=1S/C28H40N4O2/c1-7-31(8-2)19(5)17-29-23-15-11-13-21-25(23)27(33)22-14-12-16-24(26(22)28(21)34)30-18-20(6)32(9-3)10-4/h11-16,19-20,29-30H,7-10,17-18H2,1-6H3. The quantitative estimate of drug-likeness (QED) is 0.403. The van der Waals surface area contributed by atoms with Gasteiger partial charge in [-0.05, 0) is 52.2 Å². The van der Waals surface area contributed by atoms with Crippen molar-refractivity contribution in [1.82, 2.24) is 9.80 Å². The summed E-state index contributed by atoms with van der Waals surface area (Å²) < 4.78 is 0. The normalized spacial score (nSPS) is 14.7. The van der Waals surface area contributed by atoms with Gasteiger partial charge in [0, 0.05) is 47.7 Å². The van der Waals surface area contributed by atoms with Crippen LogP contribution in [0.25, 0.3) is 0 Å². The molecule has 34 heavy (non-hydrogen) atoms. The second-order valence-electron chi connectivity index (χ2n) is 9.02. The zero-order chi connectivity index (χ0) is 24.8. The second kappa shape index (κ2) is 11.6. The predicted octanol–water partition coefficient (Wildman–Crippen LogP) is 4.75. The Morgan fingerprint density at radius 2 is 1.00 bits per heavy atom. The third-order valence-electron chi connectivity index (χ3n) is 7.12. The van der Waals surface area contributed by atoms with Crippen molar-refractivity contribution in [1.29, 1.82) is 0 Å². The Kier molecular flexibility index (Phi) is 8.86. The number of anilines is 2. The predicted molar refractivity (Wildman–Crippen MR) is 141 cm³/mol. The fourth-order valence-electron chi connectivity index (χ4n) is 5.00. The van der Waals surface area contributed by atoms with Crippen LogP contribution in [-0.2, 0) is 0 Å². The summed E-state index contributed by atoms with van der Waals surface area (Å²) in [7, 11) is 0. The highest BCUT2D eigenvalue weighted by atomic mass is 16.1. The topological polar surface area (TPSA) is 64.7 Å². The highest BCUT2D eigenvalue weighted by Crippen LogP contribution is 2.35. The van der Waals surface area contributed by atoms with E-state index in [0.717, 1.165) is 37.6 Å². The van der Waals surface area contributed by atoms with E-state index in [9.17, 15) is 9.59 Å². The van der Waals surface area contributed by atoms with Gasteiger partial charge >= 0.3 is 0 Å². The van der Waals surface area contributed by atoms with Crippen molar-refractivity contribution in [3.63, 3.8) is 0 Å². The van der Waals surface area contributed by atoms with Crippen molar-refractivity contribution < 1.29 is 9.59 Å². The van der Waals surface area contributed by atoms with Gasteiger partial charge in [-0.25, -0.2) is 0 Å². The number of rotatable bonds is 12. The fraction of sp³-hybridized carbons (Fsp3) is 0.500. The minimum Gasteiger partial charge on any atom is -0.383 e. The molecule has 2 atom stereocenters. The molecule has 2 N–H and O–H groups in total. The van der Waals surface area contributed by atoms with Crippen molar-refractivity contribution in [2.45, 2.75) is 53.6 Å². The maximum absolute atomic E-state index is 13.6. The molecule has 1 aliphatic rings. The van der Waals surface area contributed by atoms with Gasteiger partial charge in [0.25, 0.3) is 0 Å². The Morgan fingerprint density at radius 1 is 0.647 bits per heavy atom. The summed E-state index contributed by atoms with van der Waals surface area (Å²) in [5.74, 6) is -0.188. The number of nitrogens with one attached hydrogen (secondary N) is 2. The monoisotopic (exact) mass is 464 g/mol. The number of benzene rings is 2. The van der Waals surface area contributed by atoms with Crippen molar-refractivity contribution in [3.8, 4) is 0 Å². The Bertz CT molecular complexity index is 930. The van der Waals surface area contributed by atoms with Crippen LogP contribution in [0, 0.1) is 0 Å². The lowest BCUT2D eigenvalue weighted by atomic mass is 9.82. The third kappa shape index (κ3) is 5.18. The van der Waals surface area contributed by atoms with Crippen molar-refractivity contribution in [2.24, 2.45) is 0 Å². The lowest BCUT2D eigenvalue weighted by molar-refractivity contribution is 0.0980. The molecule has 0 spiro atoms. The van der Waals surface area contributed by atoms with Gasteiger partial charge < -0.3 is 10.6 Å². The van der Waals surface area contributed by atoms with E-state index in [1.807, 2.05) is 24.3 Å². The first-order valence-corrected chi connectivity index (χ1v) is 12.7. The van der Waals surface area contributed by atoms with E-state index in [4.69, 9.17) is 0 Å². The molecule has 0 radical (unpaired) electrons. The van der Waals surface area contributed by atoms with E-state index in [0.29, 0.717) is 47.4 Å². The summed E-state index contributed by atoms with van der Waals surface area (Å²) in [6.07, 6.45) is 0. The fourth-order valence-corrected chi connectivity index (χ4v) is 5.00. The molecule has 2 aromatic carbocycles. The molecule has 0 amide bonds. The number of hydrogen-bond acceptors (Lipinski definition) is 6. The van der Waals surface area contributed by atoms with Crippen LogP contribution in [0.2, 0.25) is 0 Å². The number of carbonyl (C=O) groups is 2. The number of hydrogen-bond donors (Lipinski definition) is 2. The summed E-state index contributed by atoms with van der Waals surface area (Å²) >= 11 is 0. The first-order chi connectivity index (χ1) is 16.4. The van der Waals surface area contributed by atoms with Crippen LogP contribution in [-0.4, -0.2) is 72.7 Å². The Hall–Kier alpha value is -2.70. The SMILES string of the molecule is CCN(CC)C(C)CNc1cccc2c1C(=O)c1cccc(NCC(C)N(CC)CC)c1C2=O. The first-order valence-electron chi connectivity index (χ1n) is 12.7. The van der Waals surface area contributed by atoms with Crippen LogP contribution < -0.4 is 10.6 Å². The molecule has 6 nitrogen and oxygen atoms in total. The maximum atomic E-state index is 13.6. The number of carbonyl (C=O) groups excluding carboxylic acids is 2. The van der Waals surface area contributed by atoms with E-state index in [1.165, 1.54) is 0 Å². The molecule has 0 saturated carbocycles. The lowest BCUT2D eigenvalue weighted by Crippen LogP contribution is -2.38. The summed E-state index contributed by atoms with van der Waals surface area (Å²) in [5, 5.41) is 6.90. The minimum absolute atomic E-state index is 0.0939. The van der Waals surface area contributed by atoms with E-state index in [-0.39, 0.29) is 11.6 Å². The molecule has 2 unspecified atom stereocenters. The van der Waals surface area contributed by atoms with Crippen molar-refractivity contribution >= 4 is 22.9 Å². The molecule has 3 rings (SSSR count). The molecule has 1 aliphatic carbocycles. The number of likely N-dealkylation sites (N-methyl/N-ethyl adjacent to an activating group) is 2. The van der Waals surface area contributed by atoms with Gasteiger partial charge in [0.15, 0.2) is 11.6 Å². The van der Waals surface area contributed by atoms with Crippen LogP contribution in [0.3, 0.4) is 0 Å². The first kappa shape index (κ1) is 25.9. The molecule has 0 heterocycles. The zero-order valence-electron chi connectivity index (χ0n) is 21.6. The van der Waals surface area contributed by atoms with Crippen LogP contribution in [0.4, 0.5) is 11.4 Å². The molecular weight excluding hydrogens is 424 g/mol. The molecule has 2 aromatic rings. The van der Waals surface area contributed by atoms with Gasteiger partial charge in [-0.2, -0.15) is 0 Å². The van der Waals surface area contributed by atoms with E-state index < -0.39 is 0 Å². The van der Waals surface area contributed by atoms with E-state index in [2.05, 4.69) is 62.0 Å². The van der Waals surface area contributed by atoms with Gasteiger partial charge in [0.05, 0.1) is 11.1 Å². The van der Waals surface area contributed by atoms with Crippen LogP contribution in [0.5, 0.6) is 0 Å². The van der Waals surface area contributed by atoms with Crippen LogP contribution >= 0.6 is 0 Å². The molecule has 0 fully saturated rings. The Balaban J connectivity index is 1.88. The average Bonchev–Trinajstić information content (AvgIpc) is 2.85. The maximum Gasteiger partial charge on any atom is 0.196 e. The zero-order valence-corrected chi connectivity index (χ0v) is 21.6. The van der Waals surface area contributed by atoms with Crippen molar-refractivity contribution in [2.75, 3.05) is 49.9 Å². The number of ketones is 2. The molecule has 0 saturated heterocycles. The van der Waals surface area contributed by atoms with Gasteiger partial charge in [-0.3, -0.25) is 19.4 Å².